The van der Waals surface area contributed by atoms with E-state index in [9.17, 15) is 8.42 Å². The average molecular weight is 253 g/mol. The van der Waals surface area contributed by atoms with Crippen molar-refractivity contribution in [1.82, 2.24) is 0 Å². The van der Waals surface area contributed by atoms with Crippen LogP contribution in [0.1, 0.15) is 12.8 Å². The van der Waals surface area contributed by atoms with E-state index in [1.165, 1.54) is 12.1 Å². The van der Waals surface area contributed by atoms with Crippen molar-refractivity contribution in [2.24, 2.45) is 5.14 Å². The third kappa shape index (κ3) is 2.78. The summed E-state index contributed by atoms with van der Waals surface area (Å²) in [6.07, 6.45) is 5.99. The van der Waals surface area contributed by atoms with E-state index in [1.54, 1.807) is 6.07 Å². The number of sulfonamides is 1. The van der Waals surface area contributed by atoms with Crippen molar-refractivity contribution in [3.8, 4) is 0 Å². The van der Waals surface area contributed by atoms with E-state index in [0.29, 0.717) is 11.4 Å². The quantitative estimate of drug-likeness (QED) is 0.554. The van der Waals surface area contributed by atoms with E-state index in [4.69, 9.17) is 10.9 Å². The average Bonchev–Trinajstić information content (AvgIpc) is 2.72. The third-order valence-electron chi connectivity index (χ3n) is 2.72. The van der Waals surface area contributed by atoms with E-state index >= 15 is 0 Å². The molecule has 0 aromatic heterocycles. The van der Waals surface area contributed by atoms with Crippen LogP contribution in [-0.2, 0) is 10.0 Å². The Kier molecular flexibility index (Phi) is 3.08. The second-order valence-electron chi connectivity index (χ2n) is 4.08. The first kappa shape index (κ1) is 11.9. The topological polar surface area (TPSA) is 98.2 Å². The Hall–Kier alpha value is -1.53. The summed E-state index contributed by atoms with van der Waals surface area (Å²) in [6, 6.07) is 4.70. The van der Waals surface area contributed by atoms with Crippen molar-refractivity contribution in [2.45, 2.75) is 23.8 Å². The predicted molar refractivity (Wildman–Crippen MR) is 68.0 cm³/mol. The zero-order valence-corrected chi connectivity index (χ0v) is 10.1. The maximum atomic E-state index is 11.2. The molecule has 0 aliphatic heterocycles. The summed E-state index contributed by atoms with van der Waals surface area (Å²) < 4.78 is 22.5. The molecule has 6 heteroatoms. The number of hydrogen-bond acceptors (Lipinski definition) is 4. The van der Waals surface area contributed by atoms with Gasteiger partial charge in [-0.1, -0.05) is 12.2 Å². The van der Waals surface area contributed by atoms with Crippen LogP contribution in [0.2, 0.25) is 0 Å². The second-order valence-corrected chi connectivity index (χ2v) is 5.64. The van der Waals surface area contributed by atoms with Crippen molar-refractivity contribution < 1.29 is 8.42 Å². The van der Waals surface area contributed by atoms with Crippen LogP contribution >= 0.6 is 0 Å². The van der Waals surface area contributed by atoms with E-state index in [-0.39, 0.29) is 10.9 Å². The largest absolute Gasteiger partial charge is 0.397 e. The molecule has 0 saturated heterocycles. The number of hydrogen-bond donors (Lipinski definition) is 3. The number of nitrogens with two attached hydrogens (primary N) is 2. The van der Waals surface area contributed by atoms with Crippen molar-refractivity contribution in [1.29, 1.82) is 0 Å². The normalized spacial score (nSPS) is 16.3. The molecule has 1 aliphatic carbocycles. The van der Waals surface area contributed by atoms with Gasteiger partial charge in [0.15, 0.2) is 0 Å². The molecule has 0 bridgehead atoms. The first-order valence-corrected chi connectivity index (χ1v) is 6.85. The first-order valence-electron chi connectivity index (χ1n) is 5.30. The summed E-state index contributed by atoms with van der Waals surface area (Å²) >= 11 is 0. The Bertz CT molecular complexity index is 544. The van der Waals surface area contributed by atoms with Gasteiger partial charge in [-0.15, -0.1) is 0 Å². The lowest BCUT2D eigenvalue weighted by Gasteiger charge is -2.16. The van der Waals surface area contributed by atoms with Crippen LogP contribution in [0.15, 0.2) is 35.2 Å². The number of anilines is 2. The van der Waals surface area contributed by atoms with Gasteiger partial charge in [-0.05, 0) is 31.0 Å². The maximum Gasteiger partial charge on any atom is 0.238 e. The molecule has 0 saturated carbocycles. The maximum absolute atomic E-state index is 11.2. The Morgan fingerprint density at radius 3 is 2.47 bits per heavy atom. The van der Waals surface area contributed by atoms with Crippen LogP contribution in [0.25, 0.3) is 0 Å². The molecule has 1 aromatic rings. The molecule has 92 valence electrons. The highest BCUT2D eigenvalue weighted by Gasteiger charge is 2.14. The van der Waals surface area contributed by atoms with E-state index in [0.717, 1.165) is 12.8 Å². The molecule has 0 amide bonds. The summed E-state index contributed by atoms with van der Waals surface area (Å²) in [4.78, 5) is 0.0696. The van der Waals surface area contributed by atoms with Crippen molar-refractivity contribution >= 4 is 21.4 Å². The fraction of sp³-hybridized carbons (Fsp3) is 0.273. The molecule has 5 N–H and O–H groups in total. The zero-order chi connectivity index (χ0) is 12.5. The van der Waals surface area contributed by atoms with Crippen LogP contribution in [0.5, 0.6) is 0 Å². The Morgan fingerprint density at radius 2 is 1.88 bits per heavy atom. The van der Waals surface area contributed by atoms with Crippen LogP contribution < -0.4 is 16.2 Å². The van der Waals surface area contributed by atoms with Gasteiger partial charge in [-0.3, -0.25) is 0 Å². The molecule has 1 aliphatic rings. The Balaban J connectivity index is 2.26. The molecule has 0 radical (unpaired) electrons. The second kappa shape index (κ2) is 4.38. The predicted octanol–water partition coefficient (Wildman–Crippen LogP) is 1.05. The number of rotatable bonds is 3. The molecule has 0 atom stereocenters. The van der Waals surface area contributed by atoms with Crippen LogP contribution in [0.3, 0.4) is 0 Å². The molecule has 2 rings (SSSR count). The Morgan fingerprint density at radius 1 is 1.24 bits per heavy atom. The van der Waals surface area contributed by atoms with Crippen molar-refractivity contribution in [3.05, 3.63) is 30.4 Å². The lowest BCUT2D eigenvalue weighted by atomic mass is 10.2. The summed E-state index contributed by atoms with van der Waals surface area (Å²) in [5.74, 6) is 0. The first-order chi connectivity index (χ1) is 7.97. The molecule has 0 fully saturated rings. The van der Waals surface area contributed by atoms with E-state index in [1.807, 2.05) is 0 Å². The minimum absolute atomic E-state index is 0.0696. The van der Waals surface area contributed by atoms with Gasteiger partial charge in [-0.2, -0.15) is 0 Å². The lowest BCUT2D eigenvalue weighted by molar-refractivity contribution is 0.598. The highest BCUT2D eigenvalue weighted by molar-refractivity contribution is 7.89. The summed E-state index contributed by atoms with van der Waals surface area (Å²) in [5, 5.41) is 8.29. The summed E-state index contributed by atoms with van der Waals surface area (Å²) in [5.41, 5.74) is 6.93. The standard InChI is InChI=1S/C11H15N3O2S/c12-10-6-5-9(17(13,15)16)7-11(10)14-8-3-1-2-4-8/h1-2,5-8,14H,3-4,12H2,(H2,13,15,16). The number of benzene rings is 1. The number of primary sulfonamides is 1. The van der Waals surface area contributed by atoms with Gasteiger partial charge in [0, 0.05) is 6.04 Å². The van der Waals surface area contributed by atoms with Gasteiger partial charge in [0.25, 0.3) is 0 Å². The van der Waals surface area contributed by atoms with Gasteiger partial charge in [0.1, 0.15) is 0 Å². The summed E-state index contributed by atoms with van der Waals surface area (Å²) in [6.45, 7) is 0. The molecular formula is C11H15N3O2S. The SMILES string of the molecule is Nc1ccc(S(N)(=O)=O)cc1NC1CC=CC1. The van der Waals surface area contributed by atoms with E-state index < -0.39 is 10.0 Å². The van der Waals surface area contributed by atoms with Crippen LogP contribution in [0, 0.1) is 0 Å². The molecule has 5 nitrogen and oxygen atoms in total. The molecule has 0 unspecified atom stereocenters. The molecule has 17 heavy (non-hydrogen) atoms. The molecular weight excluding hydrogens is 238 g/mol. The fourth-order valence-corrected chi connectivity index (χ4v) is 2.33. The van der Waals surface area contributed by atoms with Crippen LogP contribution in [-0.4, -0.2) is 14.5 Å². The highest BCUT2D eigenvalue weighted by atomic mass is 32.2. The van der Waals surface area contributed by atoms with Gasteiger partial charge >= 0.3 is 0 Å². The highest BCUT2D eigenvalue weighted by Crippen LogP contribution is 2.25. The minimum Gasteiger partial charge on any atom is -0.397 e. The monoisotopic (exact) mass is 253 g/mol. The van der Waals surface area contributed by atoms with Gasteiger partial charge in [-0.25, -0.2) is 13.6 Å². The van der Waals surface area contributed by atoms with Crippen molar-refractivity contribution in [2.75, 3.05) is 11.1 Å². The zero-order valence-electron chi connectivity index (χ0n) is 9.26. The molecule has 1 aromatic carbocycles. The lowest BCUT2D eigenvalue weighted by Crippen LogP contribution is -2.17. The minimum atomic E-state index is -3.69. The van der Waals surface area contributed by atoms with Gasteiger partial charge in [0.2, 0.25) is 10.0 Å². The van der Waals surface area contributed by atoms with Crippen LogP contribution in [0.4, 0.5) is 11.4 Å². The molecule has 0 heterocycles. The fourth-order valence-electron chi connectivity index (χ4n) is 1.79. The smallest absolute Gasteiger partial charge is 0.238 e. The number of nitrogen functional groups attached to an aromatic ring is 1. The Labute approximate surface area is 101 Å². The van der Waals surface area contributed by atoms with Gasteiger partial charge in [0.05, 0.1) is 16.3 Å². The van der Waals surface area contributed by atoms with Gasteiger partial charge < -0.3 is 11.1 Å². The van der Waals surface area contributed by atoms with E-state index in [2.05, 4.69) is 17.5 Å². The molecule has 0 spiro atoms. The third-order valence-corrected chi connectivity index (χ3v) is 3.63. The summed E-state index contributed by atoms with van der Waals surface area (Å²) in [7, 11) is -3.69. The van der Waals surface area contributed by atoms with Crippen molar-refractivity contribution in [3.63, 3.8) is 0 Å². The number of nitrogens with one attached hydrogen (secondary N) is 1.